The van der Waals surface area contributed by atoms with E-state index in [0.29, 0.717) is 17.7 Å². The predicted molar refractivity (Wildman–Crippen MR) is 86.2 cm³/mol. The van der Waals surface area contributed by atoms with Gasteiger partial charge in [-0.25, -0.2) is 0 Å². The Labute approximate surface area is 128 Å². The van der Waals surface area contributed by atoms with Crippen LogP contribution in [-0.4, -0.2) is 60.2 Å². The molecule has 1 N–H and O–H groups in total. The highest BCUT2D eigenvalue weighted by Crippen LogP contribution is 2.22. The van der Waals surface area contributed by atoms with Crippen LogP contribution in [-0.2, 0) is 9.53 Å². The molecule has 1 atom stereocenters. The molecule has 0 bridgehead atoms. The van der Waals surface area contributed by atoms with E-state index in [1.165, 1.54) is 0 Å². The molecule has 1 saturated heterocycles. The first-order valence-corrected chi connectivity index (χ1v) is 8.50. The summed E-state index contributed by atoms with van der Waals surface area (Å²) in [5.74, 6) is 1.21. The van der Waals surface area contributed by atoms with Gasteiger partial charge in [0.05, 0.1) is 19.0 Å². The van der Waals surface area contributed by atoms with Gasteiger partial charge in [-0.1, -0.05) is 34.6 Å². The Bertz CT molecular complexity index is 297. The topological polar surface area (TPSA) is 41.6 Å². The van der Waals surface area contributed by atoms with Gasteiger partial charge in [0.2, 0.25) is 5.91 Å². The molecule has 1 aliphatic rings. The number of hydrogen-bond acceptors (Lipinski definition) is 4. The highest BCUT2D eigenvalue weighted by Gasteiger charge is 2.24. The van der Waals surface area contributed by atoms with E-state index in [0.717, 1.165) is 32.8 Å². The SMILES string of the molecule is CC(C)C(CNC(=O)CSC(C)(C)C)N1CCOCC1. The summed E-state index contributed by atoms with van der Waals surface area (Å²) in [6.07, 6.45) is 0. The molecule has 1 unspecified atom stereocenters. The maximum atomic E-state index is 11.9. The minimum atomic E-state index is 0.138. The number of ether oxygens (including phenoxy) is 1. The van der Waals surface area contributed by atoms with E-state index in [-0.39, 0.29) is 10.7 Å². The van der Waals surface area contributed by atoms with E-state index in [9.17, 15) is 4.79 Å². The van der Waals surface area contributed by atoms with E-state index < -0.39 is 0 Å². The van der Waals surface area contributed by atoms with Crippen molar-refractivity contribution in [2.24, 2.45) is 5.92 Å². The quantitative estimate of drug-likeness (QED) is 0.815. The van der Waals surface area contributed by atoms with Crippen molar-refractivity contribution in [2.75, 3.05) is 38.6 Å². The molecule has 0 aliphatic carbocycles. The lowest BCUT2D eigenvalue weighted by Gasteiger charge is -2.37. The van der Waals surface area contributed by atoms with Gasteiger partial charge >= 0.3 is 0 Å². The molecular weight excluding hydrogens is 272 g/mol. The highest BCUT2D eigenvalue weighted by molar-refractivity contribution is 8.01. The summed E-state index contributed by atoms with van der Waals surface area (Å²) in [5.41, 5.74) is 0. The number of nitrogens with one attached hydrogen (secondary N) is 1. The number of nitrogens with zero attached hydrogens (tertiary/aromatic N) is 1. The second kappa shape index (κ2) is 8.25. The van der Waals surface area contributed by atoms with Gasteiger partial charge in [0.25, 0.3) is 0 Å². The number of morpholine rings is 1. The third-order valence-corrected chi connectivity index (χ3v) is 4.70. The van der Waals surface area contributed by atoms with Crippen LogP contribution < -0.4 is 5.32 Å². The van der Waals surface area contributed by atoms with Crippen LogP contribution in [0.4, 0.5) is 0 Å². The maximum absolute atomic E-state index is 11.9. The van der Waals surface area contributed by atoms with Crippen molar-refractivity contribution in [3.63, 3.8) is 0 Å². The van der Waals surface area contributed by atoms with Crippen LogP contribution >= 0.6 is 11.8 Å². The fraction of sp³-hybridized carbons (Fsp3) is 0.933. The van der Waals surface area contributed by atoms with Gasteiger partial charge < -0.3 is 10.1 Å². The molecular formula is C15H30N2O2S. The molecule has 20 heavy (non-hydrogen) atoms. The standard InChI is InChI=1S/C15H30N2O2S/c1-12(2)13(17-6-8-19-9-7-17)10-16-14(18)11-20-15(3,4)5/h12-13H,6-11H2,1-5H3,(H,16,18). The molecule has 0 saturated carbocycles. The highest BCUT2D eigenvalue weighted by atomic mass is 32.2. The third kappa shape index (κ3) is 6.95. The van der Waals surface area contributed by atoms with Crippen molar-refractivity contribution in [2.45, 2.75) is 45.4 Å². The first kappa shape index (κ1) is 17.8. The fourth-order valence-corrected chi connectivity index (χ4v) is 2.91. The van der Waals surface area contributed by atoms with Crippen LogP contribution in [0.2, 0.25) is 0 Å². The maximum Gasteiger partial charge on any atom is 0.230 e. The number of hydrogen-bond donors (Lipinski definition) is 1. The summed E-state index contributed by atoms with van der Waals surface area (Å²) >= 11 is 1.69. The Morgan fingerprint density at radius 2 is 1.90 bits per heavy atom. The van der Waals surface area contributed by atoms with Crippen LogP contribution in [0.15, 0.2) is 0 Å². The summed E-state index contributed by atoms with van der Waals surface area (Å²) in [7, 11) is 0. The average molecular weight is 302 g/mol. The first-order chi connectivity index (χ1) is 9.29. The zero-order valence-electron chi connectivity index (χ0n) is 13.6. The lowest BCUT2D eigenvalue weighted by atomic mass is 10.0. The lowest BCUT2D eigenvalue weighted by Crippen LogP contribution is -2.51. The zero-order chi connectivity index (χ0) is 15.2. The van der Waals surface area contributed by atoms with Gasteiger partial charge in [-0.05, 0) is 5.92 Å². The Hall–Kier alpha value is -0.260. The van der Waals surface area contributed by atoms with Crippen LogP contribution in [0, 0.1) is 5.92 Å². The number of rotatable bonds is 6. The van der Waals surface area contributed by atoms with Crippen molar-refractivity contribution in [1.29, 1.82) is 0 Å². The summed E-state index contributed by atoms with van der Waals surface area (Å²) in [6.45, 7) is 15.1. The predicted octanol–water partition coefficient (Wildman–Crippen LogP) is 1.99. The van der Waals surface area contributed by atoms with Crippen molar-refractivity contribution < 1.29 is 9.53 Å². The average Bonchev–Trinajstić information content (AvgIpc) is 2.36. The second-order valence-corrected chi connectivity index (χ2v) is 8.47. The molecule has 4 nitrogen and oxygen atoms in total. The van der Waals surface area contributed by atoms with Gasteiger partial charge in [0.15, 0.2) is 0 Å². The summed E-state index contributed by atoms with van der Waals surface area (Å²) in [4.78, 5) is 14.4. The smallest absolute Gasteiger partial charge is 0.230 e. The largest absolute Gasteiger partial charge is 0.379 e. The van der Waals surface area contributed by atoms with Crippen LogP contribution in [0.3, 0.4) is 0 Å². The van der Waals surface area contributed by atoms with Crippen LogP contribution in [0.25, 0.3) is 0 Å². The molecule has 1 fully saturated rings. The molecule has 118 valence electrons. The third-order valence-electron chi connectivity index (χ3n) is 3.43. The van der Waals surface area contributed by atoms with Gasteiger partial charge in [-0.3, -0.25) is 9.69 Å². The van der Waals surface area contributed by atoms with Crippen molar-refractivity contribution in [3.05, 3.63) is 0 Å². The number of carbonyl (C=O) groups excluding carboxylic acids is 1. The Balaban J connectivity index is 2.36. The number of amides is 1. The molecule has 0 aromatic rings. The van der Waals surface area contributed by atoms with Crippen molar-refractivity contribution >= 4 is 17.7 Å². The molecule has 1 amide bonds. The zero-order valence-corrected chi connectivity index (χ0v) is 14.4. The minimum absolute atomic E-state index is 0.138. The summed E-state index contributed by atoms with van der Waals surface area (Å²) < 4.78 is 5.54. The van der Waals surface area contributed by atoms with Crippen LogP contribution in [0.1, 0.15) is 34.6 Å². The van der Waals surface area contributed by atoms with Gasteiger partial charge in [0, 0.05) is 30.4 Å². The van der Waals surface area contributed by atoms with Gasteiger partial charge in [-0.15, -0.1) is 11.8 Å². The molecule has 0 aromatic carbocycles. The fourth-order valence-electron chi connectivity index (χ4n) is 2.25. The summed E-state index contributed by atoms with van der Waals surface area (Å²) in [5, 5.41) is 3.09. The monoisotopic (exact) mass is 302 g/mol. The first-order valence-electron chi connectivity index (χ1n) is 7.52. The van der Waals surface area contributed by atoms with Gasteiger partial charge in [-0.2, -0.15) is 0 Å². The van der Waals surface area contributed by atoms with Crippen molar-refractivity contribution in [3.8, 4) is 0 Å². The Kier molecular flexibility index (Phi) is 7.34. The number of carbonyl (C=O) groups is 1. The second-order valence-electron chi connectivity index (χ2n) is 6.66. The minimum Gasteiger partial charge on any atom is -0.379 e. The molecule has 0 aromatic heterocycles. The molecule has 1 heterocycles. The molecule has 1 aliphatic heterocycles. The normalized spacial score (nSPS) is 19.1. The molecule has 0 radical (unpaired) electrons. The summed E-state index contributed by atoms with van der Waals surface area (Å²) in [6, 6.07) is 0.405. The van der Waals surface area contributed by atoms with E-state index >= 15 is 0 Å². The Morgan fingerprint density at radius 3 is 2.40 bits per heavy atom. The van der Waals surface area contributed by atoms with E-state index in [4.69, 9.17) is 4.74 Å². The lowest BCUT2D eigenvalue weighted by molar-refractivity contribution is -0.119. The van der Waals surface area contributed by atoms with Crippen molar-refractivity contribution in [1.82, 2.24) is 10.2 Å². The number of thioether (sulfide) groups is 1. The molecule has 5 heteroatoms. The van der Waals surface area contributed by atoms with E-state index in [1.54, 1.807) is 11.8 Å². The van der Waals surface area contributed by atoms with E-state index in [2.05, 4.69) is 44.8 Å². The molecule has 1 rings (SSSR count). The molecule has 0 spiro atoms. The van der Waals surface area contributed by atoms with Crippen LogP contribution in [0.5, 0.6) is 0 Å². The Morgan fingerprint density at radius 1 is 1.30 bits per heavy atom. The van der Waals surface area contributed by atoms with Gasteiger partial charge in [0.1, 0.15) is 0 Å². The van der Waals surface area contributed by atoms with E-state index in [1.807, 2.05) is 0 Å².